The van der Waals surface area contributed by atoms with Gasteiger partial charge in [0, 0.05) is 37.8 Å². The molecule has 6 nitrogen and oxygen atoms in total. The molecule has 0 bridgehead atoms. The van der Waals surface area contributed by atoms with Crippen LogP contribution in [0.25, 0.3) is 5.57 Å². The highest BCUT2D eigenvalue weighted by atomic mass is 32.1. The zero-order chi connectivity index (χ0) is 20.7. The van der Waals surface area contributed by atoms with E-state index in [-0.39, 0.29) is 4.86 Å². The van der Waals surface area contributed by atoms with E-state index in [9.17, 15) is 4.79 Å². The van der Waals surface area contributed by atoms with Crippen molar-refractivity contribution < 1.29 is 9.53 Å². The number of carbonyl (C=O) groups excluding carboxylic acids is 1. The van der Waals surface area contributed by atoms with Crippen LogP contribution < -0.4 is 4.90 Å². The van der Waals surface area contributed by atoms with Gasteiger partial charge in [0.05, 0.1) is 24.7 Å². The number of ether oxygens (including phenoxy) is 1. The van der Waals surface area contributed by atoms with Gasteiger partial charge in [0.2, 0.25) is 0 Å². The molecular weight excluding hydrogens is 372 g/mol. The van der Waals surface area contributed by atoms with Gasteiger partial charge in [0.1, 0.15) is 10.7 Å². The van der Waals surface area contributed by atoms with Crippen molar-refractivity contribution in [2.45, 2.75) is 53.5 Å². The number of anilines is 1. The second kappa shape index (κ2) is 10.6. The Hall–Kier alpha value is -1.86. The molecule has 0 atom stereocenters. The number of thiocarbonyl (C=S) groups is 1. The third kappa shape index (κ3) is 5.35. The fourth-order valence-electron chi connectivity index (χ4n) is 3.63. The molecule has 0 radical (unpaired) electrons. The summed E-state index contributed by atoms with van der Waals surface area (Å²) in [6, 6.07) is 0.666. The van der Waals surface area contributed by atoms with Crippen molar-refractivity contribution in [1.29, 1.82) is 0 Å². The third-order valence-corrected chi connectivity index (χ3v) is 5.55. The number of esters is 1. The average Bonchev–Trinajstić information content (AvgIpc) is 2.70. The van der Waals surface area contributed by atoms with Crippen LogP contribution in [0.15, 0.2) is 18.0 Å². The van der Waals surface area contributed by atoms with Gasteiger partial charge in [-0.05, 0) is 33.6 Å². The summed E-state index contributed by atoms with van der Waals surface area (Å²) in [6.45, 7) is 14.4. The van der Waals surface area contributed by atoms with Crippen LogP contribution in [0.4, 0.5) is 5.82 Å². The van der Waals surface area contributed by atoms with E-state index >= 15 is 0 Å². The van der Waals surface area contributed by atoms with Crippen LogP contribution in [0.5, 0.6) is 0 Å². The number of hydrogen-bond donors (Lipinski definition) is 0. The Morgan fingerprint density at radius 1 is 1.11 bits per heavy atom. The lowest BCUT2D eigenvalue weighted by atomic mass is 10.0. The molecule has 0 N–H and O–H groups in total. The normalized spacial score (nSPS) is 14.9. The van der Waals surface area contributed by atoms with E-state index in [2.05, 4.69) is 33.6 Å². The van der Waals surface area contributed by atoms with Crippen molar-refractivity contribution in [3.8, 4) is 0 Å². The summed E-state index contributed by atoms with van der Waals surface area (Å²) >= 11 is 5.32. The van der Waals surface area contributed by atoms with E-state index in [1.807, 2.05) is 13.8 Å². The molecule has 0 spiro atoms. The molecule has 1 fully saturated rings. The SMILES string of the molecule is CCOC(=O)C(=S)C(=C(C)C)c1cnc(N2CCN(C(CC)CC)CC2)cn1. The Bertz CT molecular complexity index is 702. The molecule has 1 aromatic rings. The van der Waals surface area contributed by atoms with Crippen LogP contribution in [0, 0.1) is 0 Å². The molecule has 2 rings (SSSR count). The maximum Gasteiger partial charge on any atom is 0.349 e. The van der Waals surface area contributed by atoms with Crippen LogP contribution in [-0.4, -0.2) is 64.5 Å². The molecule has 2 heterocycles. The molecule has 28 heavy (non-hydrogen) atoms. The minimum Gasteiger partial charge on any atom is -0.462 e. The van der Waals surface area contributed by atoms with E-state index in [0.717, 1.165) is 37.6 Å². The van der Waals surface area contributed by atoms with E-state index in [1.54, 1.807) is 19.3 Å². The largest absolute Gasteiger partial charge is 0.462 e. The van der Waals surface area contributed by atoms with E-state index in [4.69, 9.17) is 17.0 Å². The molecule has 0 unspecified atom stereocenters. The molecule has 0 saturated carbocycles. The Morgan fingerprint density at radius 3 is 2.21 bits per heavy atom. The van der Waals surface area contributed by atoms with Gasteiger partial charge < -0.3 is 9.64 Å². The zero-order valence-corrected chi connectivity index (χ0v) is 18.5. The van der Waals surface area contributed by atoms with Crippen molar-refractivity contribution in [2.24, 2.45) is 0 Å². The van der Waals surface area contributed by atoms with Crippen LogP contribution in [-0.2, 0) is 9.53 Å². The first kappa shape index (κ1) is 22.4. The number of hydrogen-bond acceptors (Lipinski definition) is 7. The Labute approximate surface area is 174 Å². The summed E-state index contributed by atoms with van der Waals surface area (Å²) < 4.78 is 5.05. The predicted molar refractivity (Wildman–Crippen MR) is 118 cm³/mol. The number of piperazine rings is 1. The number of nitrogens with zero attached hydrogens (tertiary/aromatic N) is 4. The number of allylic oxidation sites excluding steroid dienone is 1. The fourth-order valence-corrected chi connectivity index (χ4v) is 4.00. The molecule has 0 amide bonds. The molecule has 1 aliphatic rings. The van der Waals surface area contributed by atoms with E-state index in [0.29, 0.717) is 23.9 Å². The lowest BCUT2D eigenvalue weighted by Gasteiger charge is -2.39. The molecule has 154 valence electrons. The highest BCUT2D eigenvalue weighted by Crippen LogP contribution is 2.22. The van der Waals surface area contributed by atoms with Gasteiger partial charge in [-0.2, -0.15) is 0 Å². The molecule has 1 saturated heterocycles. The molecule has 1 aliphatic heterocycles. The van der Waals surface area contributed by atoms with Gasteiger partial charge >= 0.3 is 5.97 Å². The second-order valence-corrected chi connectivity index (χ2v) is 7.59. The first-order chi connectivity index (χ1) is 13.4. The highest BCUT2D eigenvalue weighted by molar-refractivity contribution is 7.83. The summed E-state index contributed by atoms with van der Waals surface area (Å²) in [5.74, 6) is 0.375. The number of rotatable bonds is 8. The van der Waals surface area contributed by atoms with Crippen molar-refractivity contribution in [3.05, 3.63) is 23.7 Å². The highest BCUT2D eigenvalue weighted by Gasteiger charge is 2.24. The maximum atomic E-state index is 12.1. The molecule has 0 aromatic carbocycles. The van der Waals surface area contributed by atoms with Gasteiger partial charge in [-0.15, -0.1) is 0 Å². The summed E-state index contributed by atoms with van der Waals surface area (Å²) in [7, 11) is 0. The Balaban J connectivity index is 2.10. The van der Waals surface area contributed by atoms with Gasteiger partial charge in [-0.1, -0.05) is 31.6 Å². The third-order valence-electron chi connectivity index (χ3n) is 5.18. The smallest absolute Gasteiger partial charge is 0.349 e. The van der Waals surface area contributed by atoms with Crippen molar-refractivity contribution in [2.75, 3.05) is 37.7 Å². The summed E-state index contributed by atoms with van der Waals surface area (Å²) in [5.41, 5.74) is 2.16. The second-order valence-electron chi connectivity index (χ2n) is 7.18. The van der Waals surface area contributed by atoms with Crippen molar-refractivity contribution in [3.63, 3.8) is 0 Å². The van der Waals surface area contributed by atoms with Gasteiger partial charge in [-0.25, -0.2) is 9.78 Å². The predicted octanol–water partition coefficient (Wildman–Crippen LogP) is 3.51. The fraction of sp³-hybridized carbons (Fsp3) is 0.619. The van der Waals surface area contributed by atoms with Gasteiger partial charge in [-0.3, -0.25) is 9.88 Å². The van der Waals surface area contributed by atoms with Crippen molar-refractivity contribution in [1.82, 2.24) is 14.9 Å². The Kier molecular flexibility index (Phi) is 8.51. The van der Waals surface area contributed by atoms with Crippen LogP contribution in [0.3, 0.4) is 0 Å². The number of aromatic nitrogens is 2. The summed E-state index contributed by atoms with van der Waals surface area (Å²) in [6.07, 6.45) is 5.86. The average molecular weight is 405 g/mol. The van der Waals surface area contributed by atoms with E-state index < -0.39 is 5.97 Å². The van der Waals surface area contributed by atoms with Crippen LogP contribution in [0.2, 0.25) is 0 Å². The van der Waals surface area contributed by atoms with Crippen LogP contribution >= 0.6 is 12.2 Å². The molecule has 7 heteroatoms. The quantitative estimate of drug-likeness (QED) is 0.373. The van der Waals surface area contributed by atoms with E-state index in [1.165, 1.54) is 12.8 Å². The first-order valence-corrected chi connectivity index (χ1v) is 10.5. The first-order valence-electron chi connectivity index (χ1n) is 10.1. The lowest BCUT2D eigenvalue weighted by molar-refractivity contribution is -0.134. The van der Waals surface area contributed by atoms with Crippen LogP contribution in [0.1, 0.15) is 53.2 Å². The minimum atomic E-state index is -0.489. The Morgan fingerprint density at radius 2 is 1.75 bits per heavy atom. The lowest BCUT2D eigenvalue weighted by Crippen LogP contribution is -2.50. The minimum absolute atomic E-state index is 0.155. The molecule has 0 aliphatic carbocycles. The van der Waals surface area contributed by atoms with Gasteiger partial charge in [0.25, 0.3) is 0 Å². The standard InChI is InChI=1S/C21H32N4O2S/c1-6-16(7-2)24-9-11-25(12-10-24)18-14-22-17(13-23-18)19(15(4)5)20(28)21(26)27-8-3/h13-14,16H,6-12H2,1-5H3. The zero-order valence-electron chi connectivity index (χ0n) is 17.7. The monoisotopic (exact) mass is 404 g/mol. The van der Waals surface area contributed by atoms with Gasteiger partial charge in [0.15, 0.2) is 0 Å². The van der Waals surface area contributed by atoms with Crippen molar-refractivity contribution >= 4 is 34.4 Å². The maximum absolute atomic E-state index is 12.1. The topological polar surface area (TPSA) is 58.6 Å². The summed E-state index contributed by atoms with van der Waals surface area (Å²) in [4.78, 5) is 26.2. The summed E-state index contributed by atoms with van der Waals surface area (Å²) in [5, 5.41) is 0. The molecular formula is C21H32N4O2S. The number of carbonyl (C=O) groups is 1. The molecule has 1 aromatic heterocycles.